The second kappa shape index (κ2) is 4.37. The maximum Gasteiger partial charge on any atom is 0.300 e. The third-order valence-corrected chi connectivity index (χ3v) is 2.07. The summed E-state index contributed by atoms with van der Waals surface area (Å²) in [5.41, 5.74) is 10.7. The maximum atomic E-state index is 10.8. The molecule has 0 bridgehead atoms. The van der Waals surface area contributed by atoms with Gasteiger partial charge in [0.25, 0.3) is 0 Å². The first-order valence-electron chi connectivity index (χ1n) is 4.07. The molecule has 0 heterocycles. The minimum Gasteiger partial charge on any atom is -0.473 e. The molecule has 0 fully saturated rings. The molecule has 5 N–H and O–H groups in total. The van der Waals surface area contributed by atoms with Gasteiger partial charge in [-0.05, 0) is 18.2 Å². The van der Waals surface area contributed by atoms with Crippen molar-refractivity contribution in [1.82, 2.24) is 0 Å². The molecule has 0 saturated carbocycles. The summed E-state index contributed by atoms with van der Waals surface area (Å²) < 4.78 is 34.0. The molecule has 1 amide bonds. The monoisotopic (exact) mass is 246 g/mol. The first kappa shape index (κ1) is 12.3. The van der Waals surface area contributed by atoms with Crippen molar-refractivity contribution in [1.29, 1.82) is 0 Å². The quantitative estimate of drug-likeness (QED) is 0.488. The predicted octanol–water partition coefficient (Wildman–Crippen LogP) is -0.408. The van der Waals surface area contributed by atoms with E-state index in [0.717, 1.165) is 0 Å². The summed E-state index contributed by atoms with van der Waals surface area (Å²) in [7, 11) is -4.23. The third kappa shape index (κ3) is 3.41. The van der Waals surface area contributed by atoms with E-state index in [2.05, 4.69) is 0 Å². The Morgan fingerprint density at radius 1 is 1.44 bits per heavy atom. The number of anilines is 1. The first-order chi connectivity index (χ1) is 7.29. The molecule has 0 spiro atoms. The van der Waals surface area contributed by atoms with Crippen molar-refractivity contribution in [3.63, 3.8) is 0 Å². The molecule has 0 aliphatic rings. The number of nitrogen functional groups attached to an aromatic ring is 1. The topological polar surface area (TPSA) is 133 Å². The van der Waals surface area contributed by atoms with E-state index in [4.69, 9.17) is 20.8 Å². The highest BCUT2D eigenvalue weighted by Gasteiger charge is 2.09. The van der Waals surface area contributed by atoms with Gasteiger partial charge in [-0.25, -0.2) is 0 Å². The summed E-state index contributed by atoms with van der Waals surface area (Å²) >= 11 is 0. The zero-order chi connectivity index (χ0) is 12.3. The number of benzene rings is 1. The van der Waals surface area contributed by atoms with E-state index in [9.17, 15) is 13.2 Å². The summed E-state index contributed by atoms with van der Waals surface area (Å²) in [4.78, 5) is 10.8. The van der Waals surface area contributed by atoms with Crippen LogP contribution < -0.4 is 16.2 Å². The highest BCUT2D eigenvalue weighted by molar-refractivity contribution is 7.85. The molecule has 1 rings (SSSR count). The zero-order valence-corrected chi connectivity index (χ0v) is 8.90. The number of hydrogen-bond acceptors (Lipinski definition) is 5. The number of ether oxygens (including phenoxy) is 1. The van der Waals surface area contributed by atoms with E-state index in [-0.39, 0.29) is 17.0 Å². The van der Waals surface area contributed by atoms with Gasteiger partial charge in [-0.2, -0.15) is 8.42 Å². The van der Waals surface area contributed by atoms with Crippen molar-refractivity contribution in [2.24, 2.45) is 5.73 Å². The summed E-state index contributed by atoms with van der Waals surface area (Å²) in [6.07, 6.45) is 0. The molecule has 0 unspecified atom stereocenters. The standard InChI is InChI=1S/C8H10N2O5S/c9-6-3-5(8(10)11)1-2-7(6)15-4-16(12,13)14/h1-3H,4,9H2,(H2,10,11)(H,12,13,14). The Morgan fingerprint density at radius 2 is 2.06 bits per heavy atom. The Morgan fingerprint density at radius 3 is 2.50 bits per heavy atom. The van der Waals surface area contributed by atoms with Crippen LogP contribution in [0.2, 0.25) is 0 Å². The van der Waals surface area contributed by atoms with Crippen LogP contribution in [0.3, 0.4) is 0 Å². The maximum absolute atomic E-state index is 10.8. The van der Waals surface area contributed by atoms with Crippen LogP contribution in [0.15, 0.2) is 18.2 Å². The Hall–Kier alpha value is -1.80. The molecule has 0 aromatic heterocycles. The summed E-state index contributed by atoms with van der Waals surface area (Å²) in [6, 6.07) is 3.88. The van der Waals surface area contributed by atoms with Gasteiger partial charge < -0.3 is 16.2 Å². The predicted molar refractivity (Wildman–Crippen MR) is 56.4 cm³/mol. The number of nitrogens with two attached hydrogens (primary N) is 2. The lowest BCUT2D eigenvalue weighted by Crippen LogP contribution is -2.13. The van der Waals surface area contributed by atoms with E-state index in [0.29, 0.717) is 0 Å². The highest BCUT2D eigenvalue weighted by Crippen LogP contribution is 2.22. The van der Waals surface area contributed by atoms with Crippen LogP contribution >= 0.6 is 0 Å². The molecule has 0 radical (unpaired) electrons. The number of hydrogen-bond donors (Lipinski definition) is 3. The van der Waals surface area contributed by atoms with Crippen LogP contribution in [-0.2, 0) is 10.1 Å². The number of primary amides is 1. The van der Waals surface area contributed by atoms with Crippen LogP contribution in [0, 0.1) is 0 Å². The zero-order valence-electron chi connectivity index (χ0n) is 8.08. The van der Waals surface area contributed by atoms with Crippen LogP contribution in [0.25, 0.3) is 0 Å². The van der Waals surface area contributed by atoms with E-state index in [1.54, 1.807) is 0 Å². The second-order valence-electron chi connectivity index (χ2n) is 2.96. The molecule has 88 valence electrons. The van der Waals surface area contributed by atoms with Crippen molar-refractivity contribution >= 4 is 21.7 Å². The minimum absolute atomic E-state index is 0.0441. The average Bonchev–Trinajstić information content (AvgIpc) is 2.14. The molecular formula is C8H10N2O5S. The first-order valence-corrected chi connectivity index (χ1v) is 5.68. The molecule has 1 aromatic carbocycles. The molecule has 0 aliphatic carbocycles. The smallest absolute Gasteiger partial charge is 0.300 e. The highest BCUT2D eigenvalue weighted by atomic mass is 32.2. The minimum atomic E-state index is -4.23. The van der Waals surface area contributed by atoms with Crippen LogP contribution in [0.5, 0.6) is 5.75 Å². The number of carbonyl (C=O) groups is 1. The third-order valence-electron chi connectivity index (χ3n) is 1.66. The Kier molecular flexibility index (Phi) is 3.35. The fraction of sp³-hybridized carbons (Fsp3) is 0.125. The number of carbonyl (C=O) groups excluding carboxylic acids is 1. The molecule has 7 nitrogen and oxygen atoms in total. The molecule has 0 saturated heterocycles. The fourth-order valence-electron chi connectivity index (χ4n) is 0.971. The van der Waals surface area contributed by atoms with Gasteiger partial charge in [0.05, 0.1) is 5.69 Å². The molecule has 0 aliphatic heterocycles. The average molecular weight is 246 g/mol. The summed E-state index contributed by atoms with van der Waals surface area (Å²) in [5.74, 6) is -1.52. The van der Waals surface area contributed by atoms with Gasteiger partial charge >= 0.3 is 10.1 Å². The molecular weight excluding hydrogens is 236 g/mol. The molecule has 8 heteroatoms. The summed E-state index contributed by atoms with van der Waals surface area (Å²) in [5, 5.41) is 0. The van der Waals surface area contributed by atoms with Crippen molar-refractivity contribution in [2.75, 3.05) is 11.7 Å². The van der Waals surface area contributed by atoms with E-state index < -0.39 is 22.0 Å². The molecule has 0 atom stereocenters. The van der Waals surface area contributed by atoms with Gasteiger partial charge in [-0.3, -0.25) is 9.35 Å². The van der Waals surface area contributed by atoms with Gasteiger partial charge in [-0.1, -0.05) is 0 Å². The molecule has 1 aromatic rings. The lowest BCUT2D eigenvalue weighted by atomic mass is 10.2. The van der Waals surface area contributed by atoms with Crippen LogP contribution in [-0.4, -0.2) is 24.8 Å². The van der Waals surface area contributed by atoms with Crippen molar-refractivity contribution in [3.05, 3.63) is 23.8 Å². The van der Waals surface area contributed by atoms with Crippen LogP contribution in [0.4, 0.5) is 5.69 Å². The van der Waals surface area contributed by atoms with Gasteiger partial charge in [0.2, 0.25) is 11.8 Å². The van der Waals surface area contributed by atoms with Crippen molar-refractivity contribution in [3.8, 4) is 5.75 Å². The van der Waals surface area contributed by atoms with Gasteiger partial charge in [0.1, 0.15) is 5.75 Å². The van der Waals surface area contributed by atoms with Gasteiger partial charge in [0.15, 0.2) is 0 Å². The van der Waals surface area contributed by atoms with Gasteiger partial charge in [-0.15, -0.1) is 0 Å². The van der Waals surface area contributed by atoms with E-state index in [1.807, 2.05) is 0 Å². The Balaban J connectivity index is 2.88. The number of rotatable bonds is 4. The van der Waals surface area contributed by atoms with Crippen molar-refractivity contribution in [2.45, 2.75) is 0 Å². The fourth-order valence-corrected chi connectivity index (χ4v) is 1.25. The second-order valence-corrected chi connectivity index (χ2v) is 4.36. The lowest BCUT2D eigenvalue weighted by molar-refractivity contribution is 0.1000. The van der Waals surface area contributed by atoms with E-state index >= 15 is 0 Å². The Labute approximate surface area is 91.7 Å². The largest absolute Gasteiger partial charge is 0.473 e. The normalized spacial score (nSPS) is 11.1. The Bertz CT molecular complexity index is 511. The lowest BCUT2D eigenvalue weighted by Gasteiger charge is -2.07. The SMILES string of the molecule is NC(=O)c1ccc(OCS(=O)(=O)O)c(N)c1. The van der Waals surface area contributed by atoms with Crippen molar-refractivity contribution < 1.29 is 22.5 Å². The van der Waals surface area contributed by atoms with Crippen LogP contribution in [0.1, 0.15) is 10.4 Å². The number of amides is 1. The summed E-state index contributed by atoms with van der Waals surface area (Å²) in [6.45, 7) is 0. The van der Waals surface area contributed by atoms with Gasteiger partial charge in [0, 0.05) is 5.56 Å². The molecule has 16 heavy (non-hydrogen) atoms. The van der Waals surface area contributed by atoms with E-state index in [1.165, 1.54) is 18.2 Å².